The molecule has 0 saturated heterocycles. The number of carboxylic acid groups (broad SMARTS) is 2. The number of aliphatic carboxylic acids is 2. The first-order valence-corrected chi connectivity index (χ1v) is 8.81. The average Bonchev–Trinajstić information content (AvgIpc) is 2.78. The van der Waals surface area contributed by atoms with Crippen molar-refractivity contribution in [2.24, 2.45) is 11.5 Å². The molecule has 0 aromatic carbocycles. The van der Waals surface area contributed by atoms with Gasteiger partial charge in [0, 0.05) is 7.05 Å². The Balaban J connectivity index is -0.000000194. The van der Waals surface area contributed by atoms with Crippen LogP contribution in [0.25, 0.3) is 0 Å². The van der Waals surface area contributed by atoms with Crippen molar-refractivity contribution in [3.63, 3.8) is 0 Å². The van der Waals surface area contributed by atoms with Crippen LogP contribution in [-0.2, 0) is 19.2 Å². The van der Waals surface area contributed by atoms with Gasteiger partial charge in [0.05, 0.1) is 45.2 Å². The highest BCUT2D eigenvalue weighted by Crippen LogP contribution is 2.01. The molecule has 0 aliphatic heterocycles. The van der Waals surface area contributed by atoms with E-state index in [-0.39, 0.29) is 0 Å². The van der Waals surface area contributed by atoms with E-state index in [2.05, 4.69) is 16.4 Å². The van der Waals surface area contributed by atoms with Crippen molar-refractivity contribution in [1.82, 2.24) is 10.6 Å². The van der Waals surface area contributed by atoms with Crippen molar-refractivity contribution < 1.29 is 60.0 Å². The molecular weight excluding hydrogens is 440 g/mol. The van der Waals surface area contributed by atoms with Gasteiger partial charge < -0.3 is 63.0 Å². The maximum atomic E-state index is 11.2. The fraction of sp³-hybridized carbons (Fsp3) is 0.750. The van der Waals surface area contributed by atoms with Crippen molar-refractivity contribution in [3.05, 3.63) is 0 Å². The zero-order valence-electron chi connectivity index (χ0n) is 18.0. The molecule has 0 heterocycles. The number of nitrogens with one attached hydrogen (secondary N) is 2. The van der Waals surface area contributed by atoms with Crippen LogP contribution in [0.4, 0.5) is 0 Å². The third-order valence-corrected chi connectivity index (χ3v) is 3.16. The Kier molecular flexibility index (Phi) is 25.1. The number of aliphatic hydroxyl groups excluding tert-OH is 6. The molecule has 0 aliphatic carbocycles. The Morgan fingerprint density at radius 2 is 1.03 bits per heavy atom. The van der Waals surface area contributed by atoms with Gasteiger partial charge in [0.15, 0.2) is 0 Å². The summed E-state index contributed by atoms with van der Waals surface area (Å²) < 4.78 is 0. The minimum absolute atomic E-state index is 0.403. The van der Waals surface area contributed by atoms with Crippen molar-refractivity contribution >= 4 is 23.8 Å². The molecule has 192 valence electrons. The molecule has 0 aliphatic rings. The first-order chi connectivity index (χ1) is 14.8. The number of nitrogens with two attached hydrogens (primary N) is 2. The average molecular weight is 476 g/mol. The zero-order chi connectivity index (χ0) is 26.4. The highest BCUT2D eigenvalue weighted by Gasteiger charge is 2.30. The lowest BCUT2D eigenvalue weighted by Crippen LogP contribution is -2.57. The Morgan fingerprint density at radius 3 is 1.19 bits per heavy atom. The number of rotatable bonds is 11. The first-order valence-electron chi connectivity index (χ1n) is 8.81. The number of carbonyl (C=O) groups is 4. The van der Waals surface area contributed by atoms with Crippen LogP contribution >= 0.6 is 0 Å². The quantitative estimate of drug-likeness (QED) is 0.123. The highest BCUT2D eigenvalue weighted by atomic mass is 16.4. The molecule has 0 aromatic rings. The SMILES string of the molecule is CN.CNC(=O)CC(=O)NC(CO)(CO)CO.NC(CO)(CO)CO.O=C(O)CC(=O)O. The number of hydrogen-bond acceptors (Lipinski definition) is 12. The molecule has 16 heteroatoms. The van der Waals surface area contributed by atoms with E-state index in [1.165, 1.54) is 14.1 Å². The van der Waals surface area contributed by atoms with Crippen LogP contribution in [0.1, 0.15) is 12.8 Å². The van der Waals surface area contributed by atoms with Crippen molar-refractivity contribution in [2.45, 2.75) is 23.9 Å². The standard InChI is InChI=1S/C8H16N2O5.C4H11NO3.C3H4O4.CH5N/c1-9-6(14)2-7(15)10-8(3-11,4-12)5-13;5-4(1-6,2-7)3-8;4-2(5)1-3(6)7;1-2/h11-13H,2-5H2,1H3,(H,9,14)(H,10,15);6-8H,1-3,5H2;1H2,(H,4,5)(H,6,7);2H2,1H3. The second-order valence-electron chi connectivity index (χ2n) is 5.95. The number of carboxylic acids is 2. The van der Waals surface area contributed by atoms with Crippen LogP contribution in [-0.4, -0.2) is 129 Å². The van der Waals surface area contributed by atoms with E-state index in [0.717, 1.165) is 0 Å². The van der Waals surface area contributed by atoms with E-state index in [0.29, 0.717) is 0 Å². The Morgan fingerprint density at radius 1 is 0.688 bits per heavy atom. The number of hydrogen-bond donors (Lipinski definition) is 12. The molecule has 2 amide bonds. The summed E-state index contributed by atoms with van der Waals surface area (Å²) in [7, 11) is 2.88. The lowest BCUT2D eigenvalue weighted by Gasteiger charge is -2.28. The molecule has 0 rings (SSSR count). The summed E-state index contributed by atoms with van der Waals surface area (Å²) in [5.74, 6) is -3.79. The Labute approximate surface area is 184 Å². The maximum absolute atomic E-state index is 11.2. The van der Waals surface area contributed by atoms with E-state index >= 15 is 0 Å². The summed E-state index contributed by atoms with van der Waals surface area (Å²) in [5.41, 5.74) is 6.96. The van der Waals surface area contributed by atoms with Crippen LogP contribution < -0.4 is 22.1 Å². The van der Waals surface area contributed by atoms with Gasteiger partial charge in [-0.2, -0.15) is 0 Å². The molecule has 0 aromatic heterocycles. The molecule has 16 nitrogen and oxygen atoms in total. The summed E-state index contributed by atoms with van der Waals surface area (Å²) in [6, 6.07) is 0. The van der Waals surface area contributed by atoms with Gasteiger partial charge in [0.1, 0.15) is 18.4 Å². The molecule has 0 fully saturated rings. The normalized spacial score (nSPS) is 10.1. The first kappa shape index (κ1) is 36.9. The van der Waals surface area contributed by atoms with Gasteiger partial charge in [-0.15, -0.1) is 0 Å². The van der Waals surface area contributed by atoms with Crippen molar-refractivity contribution in [2.75, 3.05) is 53.7 Å². The smallest absolute Gasteiger partial charge is 0.314 e. The second kappa shape index (κ2) is 21.8. The molecule has 0 spiro atoms. The fourth-order valence-electron chi connectivity index (χ4n) is 1.12. The molecule has 0 unspecified atom stereocenters. The molecule has 0 saturated carbocycles. The van der Waals surface area contributed by atoms with Crippen LogP contribution in [0.15, 0.2) is 0 Å². The number of carbonyl (C=O) groups excluding carboxylic acids is 2. The van der Waals surface area contributed by atoms with E-state index in [9.17, 15) is 19.2 Å². The maximum Gasteiger partial charge on any atom is 0.314 e. The summed E-state index contributed by atoms with van der Waals surface area (Å²) in [4.78, 5) is 40.9. The van der Waals surface area contributed by atoms with Gasteiger partial charge in [-0.3, -0.25) is 19.2 Å². The van der Waals surface area contributed by atoms with Crippen LogP contribution in [0.5, 0.6) is 0 Å². The zero-order valence-corrected chi connectivity index (χ0v) is 18.0. The summed E-state index contributed by atoms with van der Waals surface area (Å²) in [6.07, 6.45) is -1.22. The third kappa shape index (κ3) is 20.8. The number of amides is 2. The molecule has 0 bridgehead atoms. The second-order valence-corrected chi connectivity index (χ2v) is 5.95. The van der Waals surface area contributed by atoms with Crippen molar-refractivity contribution in [3.8, 4) is 0 Å². The van der Waals surface area contributed by atoms with Gasteiger partial charge in [0.25, 0.3) is 0 Å². The monoisotopic (exact) mass is 476 g/mol. The predicted molar refractivity (Wildman–Crippen MR) is 109 cm³/mol. The van der Waals surface area contributed by atoms with Gasteiger partial charge in [0.2, 0.25) is 11.8 Å². The highest BCUT2D eigenvalue weighted by molar-refractivity contribution is 5.97. The molecular formula is C16H36N4O12. The topological polar surface area (TPSA) is 306 Å². The van der Waals surface area contributed by atoms with Gasteiger partial charge in [-0.05, 0) is 7.05 Å². The lowest BCUT2D eigenvalue weighted by molar-refractivity contribution is -0.147. The van der Waals surface area contributed by atoms with Crippen LogP contribution in [0.2, 0.25) is 0 Å². The van der Waals surface area contributed by atoms with Gasteiger partial charge in [-0.25, -0.2) is 0 Å². The minimum atomic E-state index is -1.48. The fourth-order valence-corrected chi connectivity index (χ4v) is 1.12. The van der Waals surface area contributed by atoms with Crippen LogP contribution in [0.3, 0.4) is 0 Å². The molecule has 0 radical (unpaired) electrons. The third-order valence-electron chi connectivity index (χ3n) is 3.16. The van der Waals surface area contributed by atoms with E-state index in [4.69, 9.17) is 46.6 Å². The van der Waals surface area contributed by atoms with Gasteiger partial charge in [-0.1, -0.05) is 0 Å². The number of aliphatic hydroxyl groups is 6. The Hall–Kier alpha value is -2.44. The van der Waals surface area contributed by atoms with E-state index in [1.807, 2.05) is 0 Å². The lowest BCUT2D eigenvalue weighted by atomic mass is 10.0. The Bertz CT molecular complexity index is 497. The predicted octanol–water partition coefficient (Wildman–Crippen LogP) is -6.26. The molecule has 14 N–H and O–H groups in total. The van der Waals surface area contributed by atoms with Crippen LogP contribution in [0, 0.1) is 0 Å². The summed E-state index contributed by atoms with van der Waals surface area (Å²) >= 11 is 0. The van der Waals surface area contributed by atoms with E-state index in [1.54, 1.807) is 0 Å². The van der Waals surface area contributed by atoms with Crippen molar-refractivity contribution in [1.29, 1.82) is 0 Å². The molecule has 0 atom stereocenters. The van der Waals surface area contributed by atoms with E-state index < -0.39 is 87.3 Å². The molecule has 32 heavy (non-hydrogen) atoms. The minimum Gasteiger partial charge on any atom is -0.481 e. The van der Waals surface area contributed by atoms with Gasteiger partial charge >= 0.3 is 11.9 Å². The largest absolute Gasteiger partial charge is 0.481 e. The summed E-state index contributed by atoms with van der Waals surface area (Å²) in [6.45, 7) is -3.04. The summed E-state index contributed by atoms with van der Waals surface area (Å²) in [5, 5.41) is 71.5.